The fraction of sp³-hybridized carbons (Fsp3) is 0.367. The number of nitrogens with one attached hydrogen (secondary N) is 1. The van der Waals surface area contributed by atoms with E-state index in [1.54, 1.807) is 26.0 Å². The van der Waals surface area contributed by atoms with E-state index in [4.69, 9.17) is 9.47 Å². The van der Waals surface area contributed by atoms with Crippen LogP contribution in [-0.2, 0) is 26.4 Å². The van der Waals surface area contributed by atoms with Gasteiger partial charge in [0.05, 0.1) is 11.2 Å². The molecular weight excluding hydrogens is 516 g/mol. The number of amides is 2. The van der Waals surface area contributed by atoms with Crippen LogP contribution in [0.5, 0.6) is 5.75 Å². The molecule has 0 aromatic heterocycles. The molecule has 3 aromatic rings. The molecule has 0 aliphatic carbocycles. The molecule has 0 heterocycles. The highest BCUT2D eigenvalue weighted by Gasteiger charge is 2.34. The van der Waals surface area contributed by atoms with Crippen LogP contribution in [0.15, 0.2) is 60.7 Å². The molecule has 0 fully saturated rings. The summed E-state index contributed by atoms with van der Waals surface area (Å²) in [6.07, 6.45) is -3.97. The Labute approximate surface area is 233 Å². The summed E-state index contributed by atoms with van der Waals surface area (Å²) in [5, 5.41) is 34.4. The zero-order chi connectivity index (χ0) is 29.6. The van der Waals surface area contributed by atoms with Gasteiger partial charge in [0.25, 0.3) is 6.29 Å². The van der Waals surface area contributed by atoms with Crippen molar-refractivity contribution in [2.45, 2.75) is 59.1 Å². The highest BCUT2D eigenvalue weighted by Crippen LogP contribution is 2.36. The number of ether oxygens (including phenoxy) is 2. The Kier molecular flexibility index (Phi) is 9.73. The summed E-state index contributed by atoms with van der Waals surface area (Å²) < 4.78 is 10.7. The smallest absolute Gasteiger partial charge is 0.408 e. The number of nitrogens with zero attached hydrogens (tertiary/aromatic N) is 1. The molecule has 2 atom stereocenters. The van der Waals surface area contributed by atoms with Crippen LogP contribution >= 0.6 is 0 Å². The third kappa shape index (κ3) is 7.08. The van der Waals surface area contributed by atoms with Crippen LogP contribution in [0.1, 0.15) is 45.7 Å². The molecule has 214 valence electrons. The molecule has 0 radical (unpaired) electrons. The average Bonchev–Trinajstić information content (AvgIpc) is 2.90. The Bertz CT molecular complexity index is 1370. The zero-order valence-corrected chi connectivity index (χ0v) is 23.2. The van der Waals surface area contributed by atoms with Crippen molar-refractivity contribution in [1.29, 1.82) is 0 Å². The van der Waals surface area contributed by atoms with E-state index in [0.717, 1.165) is 16.3 Å². The third-order valence-electron chi connectivity index (χ3n) is 6.58. The maximum Gasteiger partial charge on any atom is 0.408 e. The molecule has 0 bridgehead atoms. The van der Waals surface area contributed by atoms with Gasteiger partial charge in [-0.1, -0.05) is 62.4 Å². The topological polar surface area (TPSA) is 146 Å². The van der Waals surface area contributed by atoms with E-state index < -0.39 is 48.4 Å². The Morgan fingerprint density at radius 1 is 1.02 bits per heavy atom. The second kappa shape index (κ2) is 12.8. The molecule has 0 aliphatic rings. The fourth-order valence-electron chi connectivity index (χ4n) is 4.37. The number of carbonyl (C=O) groups is 3. The van der Waals surface area contributed by atoms with Gasteiger partial charge in [0.2, 0.25) is 5.91 Å². The van der Waals surface area contributed by atoms with E-state index in [2.05, 4.69) is 5.32 Å². The maximum absolute atomic E-state index is 12.5. The number of hydrogen-bond acceptors (Lipinski definition) is 7. The monoisotopic (exact) mass is 552 g/mol. The lowest BCUT2D eigenvalue weighted by atomic mass is 9.87. The molecule has 0 aliphatic heterocycles. The summed E-state index contributed by atoms with van der Waals surface area (Å²) >= 11 is 0. The van der Waals surface area contributed by atoms with Gasteiger partial charge in [0.15, 0.2) is 6.10 Å². The molecule has 10 heteroatoms. The molecule has 0 saturated carbocycles. The Hall–Kier alpha value is -4.15. The van der Waals surface area contributed by atoms with E-state index >= 15 is 0 Å². The van der Waals surface area contributed by atoms with Gasteiger partial charge in [-0.15, -0.1) is 0 Å². The zero-order valence-electron chi connectivity index (χ0n) is 23.2. The van der Waals surface area contributed by atoms with Crippen LogP contribution in [0.3, 0.4) is 0 Å². The molecule has 3 rings (SSSR count). The molecular formula is C30H36N2O8. The van der Waals surface area contributed by atoms with Crippen molar-refractivity contribution < 1.29 is 39.2 Å². The van der Waals surface area contributed by atoms with Gasteiger partial charge >= 0.3 is 12.1 Å². The summed E-state index contributed by atoms with van der Waals surface area (Å²) in [5.41, 5.74) is 0.659. The summed E-state index contributed by atoms with van der Waals surface area (Å²) in [5.74, 6) is -1.70. The summed E-state index contributed by atoms with van der Waals surface area (Å²) in [6, 6.07) is 18.2. The quantitative estimate of drug-likeness (QED) is 0.201. The number of fused-ring (bicyclic) bond motifs is 1. The second-order valence-electron chi connectivity index (χ2n) is 10.3. The average molecular weight is 553 g/mol. The van der Waals surface area contributed by atoms with Crippen molar-refractivity contribution >= 4 is 34.4 Å². The number of rotatable bonds is 11. The normalized spacial score (nSPS) is 13.0. The first kappa shape index (κ1) is 30.4. The first-order valence-electron chi connectivity index (χ1n) is 12.9. The maximum atomic E-state index is 12.5. The molecule has 40 heavy (non-hydrogen) atoms. The Morgan fingerprint density at radius 2 is 1.70 bits per heavy atom. The van der Waals surface area contributed by atoms with E-state index in [-0.39, 0.29) is 18.0 Å². The number of benzene rings is 3. The van der Waals surface area contributed by atoms with E-state index in [9.17, 15) is 29.7 Å². The van der Waals surface area contributed by atoms with E-state index in [1.165, 1.54) is 17.9 Å². The van der Waals surface area contributed by atoms with Gasteiger partial charge in [0.1, 0.15) is 12.4 Å². The van der Waals surface area contributed by atoms with Crippen LogP contribution in [-0.4, -0.2) is 57.2 Å². The lowest BCUT2D eigenvalue weighted by molar-refractivity contribution is -0.180. The number of carbonyl (C=O) groups excluding carboxylic acids is 2. The minimum atomic E-state index is -1.44. The van der Waals surface area contributed by atoms with Crippen molar-refractivity contribution in [3.05, 3.63) is 71.8 Å². The van der Waals surface area contributed by atoms with Crippen LogP contribution < -0.4 is 10.1 Å². The lowest BCUT2D eigenvalue weighted by Crippen LogP contribution is -2.44. The highest BCUT2D eigenvalue weighted by atomic mass is 16.7. The number of aliphatic hydroxyl groups is 2. The number of aliphatic hydroxyl groups excluding tert-OH is 2. The van der Waals surface area contributed by atoms with Crippen LogP contribution in [0, 0.1) is 5.92 Å². The van der Waals surface area contributed by atoms with Crippen LogP contribution in [0.25, 0.3) is 10.8 Å². The van der Waals surface area contributed by atoms with Gasteiger partial charge in [0, 0.05) is 13.5 Å². The minimum Gasteiger partial charge on any atom is -0.465 e. The molecule has 10 nitrogen and oxygen atoms in total. The van der Waals surface area contributed by atoms with Crippen molar-refractivity contribution in [1.82, 2.24) is 4.90 Å². The molecule has 2 amide bonds. The molecule has 0 saturated heterocycles. The van der Waals surface area contributed by atoms with Gasteiger partial charge in [-0.3, -0.25) is 9.69 Å². The number of esters is 1. The third-order valence-corrected chi connectivity index (χ3v) is 6.58. The summed E-state index contributed by atoms with van der Waals surface area (Å²) in [7, 11) is 0. The molecule has 2 unspecified atom stereocenters. The van der Waals surface area contributed by atoms with Crippen LogP contribution in [0.4, 0.5) is 10.5 Å². The number of hydrogen-bond donors (Lipinski definition) is 4. The van der Waals surface area contributed by atoms with Gasteiger partial charge in [-0.05, 0) is 53.8 Å². The first-order valence-corrected chi connectivity index (χ1v) is 12.9. The second-order valence-corrected chi connectivity index (χ2v) is 10.3. The van der Waals surface area contributed by atoms with Crippen molar-refractivity contribution in [3.63, 3.8) is 0 Å². The number of carboxylic acid groups (broad SMARTS) is 1. The first-order chi connectivity index (χ1) is 18.8. The predicted octanol–water partition coefficient (Wildman–Crippen LogP) is 4.47. The molecule has 3 aromatic carbocycles. The SMILES string of the molecule is CC(=O)Nc1cc(CN(C(=O)O)C(C)(C)c2cccc3ccccc23)ccc1OC(CO)OC(=O)C(O)C(C)C. The fourth-order valence-corrected chi connectivity index (χ4v) is 4.37. The number of anilines is 1. The van der Waals surface area contributed by atoms with Crippen LogP contribution in [0.2, 0.25) is 0 Å². The van der Waals surface area contributed by atoms with Crippen molar-refractivity contribution in [3.8, 4) is 5.75 Å². The Balaban J connectivity index is 1.92. The largest absolute Gasteiger partial charge is 0.465 e. The van der Waals surface area contributed by atoms with E-state index in [1.807, 2.05) is 56.3 Å². The minimum absolute atomic E-state index is 0.0165. The van der Waals surface area contributed by atoms with Gasteiger partial charge in [-0.25, -0.2) is 9.59 Å². The van der Waals surface area contributed by atoms with Crippen molar-refractivity contribution in [2.75, 3.05) is 11.9 Å². The lowest BCUT2D eigenvalue weighted by Gasteiger charge is -2.38. The molecule has 4 N–H and O–H groups in total. The van der Waals surface area contributed by atoms with Gasteiger partial charge < -0.3 is 30.1 Å². The molecule has 0 spiro atoms. The van der Waals surface area contributed by atoms with Crippen molar-refractivity contribution in [2.24, 2.45) is 5.92 Å². The van der Waals surface area contributed by atoms with E-state index in [0.29, 0.717) is 5.56 Å². The predicted molar refractivity (Wildman–Crippen MR) is 150 cm³/mol. The summed E-state index contributed by atoms with van der Waals surface area (Å²) in [6.45, 7) is 7.52. The highest BCUT2D eigenvalue weighted by molar-refractivity contribution is 5.90. The van der Waals surface area contributed by atoms with Gasteiger partial charge in [-0.2, -0.15) is 0 Å². The summed E-state index contributed by atoms with van der Waals surface area (Å²) in [4.78, 5) is 37.9. The Morgan fingerprint density at radius 3 is 2.33 bits per heavy atom. The standard InChI is InChI=1S/C30H36N2O8/c1-18(2)27(35)28(36)40-26(17-33)39-25-14-13-20(15-24(25)31-19(3)34)16-32(29(37)38)30(4,5)23-12-8-10-21-9-6-7-11-22(21)23/h6-15,18,26-27,33,35H,16-17H2,1-5H3,(H,31,34)(H,37,38).